The van der Waals surface area contributed by atoms with Crippen molar-refractivity contribution in [1.29, 1.82) is 0 Å². The molecule has 0 fully saturated rings. The number of pyridine rings is 2. The smallest absolute Gasteiger partial charge is 0.255 e. The third-order valence-corrected chi connectivity index (χ3v) is 3.38. The van der Waals surface area contributed by atoms with Crippen LogP contribution in [0.15, 0.2) is 59.7 Å². The van der Waals surface area contributed by atoms with Gasteiger partial charge in [0, 0.05) is 29.9 Å². The van der Waals surface area contributed by atoms with Gasteiger partial charge in [-0.2, -0.15) is 0 Å². The summed E-state index contributed by atoms with van der Waals surface area (Å²) in [5, 5.41) is 1.08. The summed E-state index contributed by atoms with van der Waals surface area (Å²) in [6, 6.07) is 13.5. The van der Waals surface area contributed by atoms with Gasteiger partial charge in [0.1, 0.15) is 0 Å². The number of rotatable bonds is 3. The molecule has 100 valence electrons. The van der Waals surface area contributed by atoms with Crippen LogP contribution in [-0.4, -0.2) is 9.55 Å². The fourth-order valence-corrected chi connectivity index (χ4v) is 2.34. The molecule has 0 unspecified atom stereocenters. The molecule has 3 rings (SSSR count). The molecule has 0 aliphatic rings. The van der Waals surface area contributed by atoms with Gasteiger partial charge in [0.05, 0.1) is 12.1 Å². The van der Waals surface area contributed by atoms with Crippen LogP contribution in [0, 0.1) is 0 Å². The number of fused-ring (bicyclic) bond motifs is 1. The zero-order valence-corrected chi connectivity index (χ0v) is 11.0. The Morgan fingerprint density at radius 1 is 1.05 bits per heavy atom. The van der Waals surface area contributed by atoms with E-state index in [1.807, 2.05) is 36.4 Å². The first kappa shape index (κ1) is 12.6. The molecule has 0 aliphatic heterocycles. The van der Waals surface area contributed by atoms with Gasteiger partial charge in [-0.15, -0.1) is 0 Å². The van der Waals surface area contributed by atoms with Crippen molar-refractivity contribution >= 4 is 10.9 Å². The third kappa shape index (κ3) is 2.21. The second-order valence-corrected chi connectivity index (χ2v) is 4.66. The average molecular weight is 265 g/mol. The van der Waals surface area contributed by atoms with Gasteiger partial charge in [-0.05, 0) is 17.7 Å². The summed E-state index contributed by atoms with van der Waals surface area (Å²) in [6.45, 7) is 0.758. The van der Waals surface area contributed by atoms with Crippen LogP contribution >= 0.6 is 0 Å². The highest BCUT2D eigenvalue weighted by Gasteiger charge is 2.05. The largest absolute Gasteiger partial charge is 0.326 e. The van der Waals surface area contributed by atoms with E-state index in [-0.39, 0.29) is 12.1 Å². The Kier molecular flexibility index (Phi) is 3.31. The Morgan fingerprint density at radius 2 is 1.85 bits per heavy atom. The summed E-state index contributed by atoms with van der Waals surface area (Å²) in [6.07, 6.45) is 3.55. The highest BCUT2D eigenvalue weighted by atomic mass is 16.1. The van der Waals surface area contributed by atoms with Crippen LogP contribution in [-0.2, 0) is 13.1 Å². The van der Waals surface area contributed by atoms with E-state index in [9.17, 15) is 4.79 Å². The number of nitrogens with two attached hydrogens (primary N) is 1. The van der Waals surface area contributed by atoms with Crippen LogP contribution < -0.4 is 11.3 Å². The monoisotopic (exact) mass is 265 g/mol. The fourth-order valence-electron chi connectivity index (χ4n) is 2.34. The van der Waals surface area contributed by atoms with Gasteiger partial charge in [-0.25, -0.2) is 0 Å². The van der Waals surface area contributed by atoms with E-state index in [0.29, 0.717) is 12.1 Å². The van der Waals surface area contributed by atoms with Crippen molar-refractivity contribution in [3.8, 4) is 0 Å². The van der Waals surface area contributed by atoms with Gasteiger partial charge in [-0.3, -0.25) is 9.78 Å². The van der Waals surface area contributed by atoms with Gasteiger partial charge in [0.25, 0.3) is 5.56 Å². The van der Waals surface area contributed by atoms with E-state index in [1.54, 1.807) is 23.0 Å². The Bertz CT molecular complexity index is 803. The standard InChI is InChI=1S/C16H15N3O/c17-10-13-7-3-9-19(16(13)20)11-14-5-1-4-12-6-2-8-18-15(12)14/h1-9H,10-11,17H2. The number of nitrogens with zero attached hydrogens (tertiary/aromatic N) is 2. The maximum Gasteiger partial charge on any atom is 0.255 e. The van der Waals surface area contributed by atoms with Crippen molar-refractivity contribution in [3.63, 3.8) is 0 Å². The summed E-state index contributed by atoms with van der Waals surface area (Å²) in [5.74, 6) is 0. The topological polar surface area (TPSA) is 60.9 Å². The first-order chi connectivity index (χ1) is 9.79. The van der Waals surface area contributed by atoms with E-state index in [0.717, 1.165) is 16.5 Å². The predicted octanol–water partition coefficient (Wildman–Crippen LogP) is 1.90. The molecule has 3 aromatic rings. The summed E-state index contributed by atoms with van der Waals surface area (Å²) in [7, 11) is 0. The second-order valence-electron chi connectivity index (χ2n) is 4.66. The predicted molar refractivity (Wildman–Crippen MR) is 79.4 cm³/mol. The van der Waals surface area contributed by atoms with E-state index < -0.39 is 0 Å². The molecular formula is C16H15N3O. The van der Waals surface area contributed by atoms with Crippen molar-refractivity contribution < 1.29 is 0 Å². The Labute approximate surface area is 116 Å². The molecule has 0 radical (unpaired) electrons. The summed E-state index contributed by atoms with van der Waals surface area (Å²) < 4.78 is 1.67. The van der Waals surface area contributed by atoms with Gasteiger partial charge in [0.2, 0.25) is 0 Å². The van der Waals surface area contributed by atoms with Crippen LogP contribution in [0.4, 0.5) is 0 Å². The minimum absolute atomic E-state index is 0.0389. The molecule has 0 spiro atoms. The fraction of sp³-hybridized carbons (Fsp3) is 0.125. The zero-order valence-electron chi connectivity index (χ0n) is 11.0. The molecule has 0 amide bonds. The summed E-state index contributed by atoms with van der Waals surface area (Å²) in [5.41, 5.74) is 8.12. The van der Waals surface area contributed by atoms with Crippen LogP contribution in [0.1, 0.15) is 11.1 Å². The number of benzene rings is 1. The first-order valence-corrected chi connectivity index (χ1v) is 6.50. The van der Waals surface area contributed by atoms with Crippen LogP contribution in [0.5, 0.6) is 0 Å². The zero-order chi connectivity index (χ0) is 13.9. The van der Waals surface area contributed by atoms with Crippen LogP contribution in [0.2, 0.25) is 0 Å². The van der Waals surface area contributed by atoms with Crippen molar-refractivity contribution in [2.24, 2.45) is 5.73 Å². The molecule has 2 heterocycles. The number of para-hydroxylation sites is 1. The molecule has 0 bridgehead atoms. The Hall–Kier alpha value is -2.46. The SMILES string of the molecule is NCc1cccn(Cc2cccc3cccnc23)c1=O. The molecule has 0 saturated carbocycles. The van der Waals surface area contributed by atoms with Gasteiger partial charge >= 0.3 is 0 Å². The molecular weight excluding hydrogens is 250 g/mol. The summed E-state index contributed by atoms with van der Waals surface area (Å²) in [4.78, 5) is 16.6. The maximum absolute atomic E-state index is 12.2. The number of hydrogen-bond acceptors (Lipinski definition) is 3. The van der Waals surface area contributed by atoms with Crippen LogP contribution in [0.25, 0.3) is 10.9 Å². The minimum atomic E-state index is -0.0389. The lowest BCUT2D eigenvalue weighted by molar-refractivity contribution is 0.747. The third-order valence-electron chi connectivity index (χ3n) is 3.38. The molecule has 2 N–H and O–H groups in total. The lowest BCUT2D eigenvalue weighted by Gasteiger charge is -2.09. The van der Waals surface area contributed by atoms with Gasteiger partial charge in [0.15, 0.2) is 0 Å². The van der Waals surface area contributed by atoms with Crippen LogP contribution in [0.3, 0.4) is 0 Å². The molecule has 0 aliphatic carbocycles. The molecule has 0 atom stereocenters. The van der Waals surface area contributed by atoms with Crippen molar-refractivity contribution in [3.05, 3.63) is 76.3 Å². The van der Waals surface area contributed by atoms with Crippen molar-refractivity contribution in [2.75, 3.05) is 0 Å². The first-order valence-electron chi connectivity index (χ1n) is 6.50. The van der Waals surface area contributed by atoms with Crippen molar-refractivity contribution in [1.82, 2.24) is 9.55 Å². The highest BCUT2D eigenvalue weighted by Crippen LogP contribution is 2.16. The number of aromatic nitrogens is 2. The Balaban J connectivity index is 2.08. The van der Waals surface area contributed by atoms with Gasteiger partial charge in [-0.1, -0.05) is 30.3 Å². The molecule has 4 heteroatoms. The lowest BCUT2D eigenvalue weighted by Crippen LogP contribution is -2.25. The molecule has 4 nitrogen and oxygen atoms in total. The normalized spacial score (nSPS) is 10.8. The average Bonchev–Trinajstić information content (AvgIpc) is 2.50. The van der Waals surface area contributed by atoms with E-state index >= 15 is 0 Å². The van der Waals surface area contributed by atoms with Crippen molar-refractivity contribution in [2.45, 2.75) is 13.1 Å². The van der Waals surface area contributed by atoms with E-state index in [2.05, 4.69) is 4.98 Å². The van der Waals surface area contributed by atoms with Gasteiger partial charge < -0.3 is 10.3 Å². The minimum Gasteiger partial charge on any atom is -0.326 e. The molecule has 0 saturated heterocycles. The molecule has 1 aromatic carbocycles. The maximum atomic E-state index is 12.2. The van der Waals surface area contributed by atoms with E-state index in [4.69, 9.17) is 5.73 Å². The lowest BCUT2D eigenvalue weighted by atomic mass is 10.1. The quantitative estimate of drug-likeness (QED) is 0.786. The van der Waals surface area contributed by atoms with E-state index in [1.165, 1.54) is 0 Å². The number of hydrogen-bond donors (Lipinski definition) is 1. The highest BCUT2D eigenvalue weighted by molar-refractivity contribution is 5.81. The Morgan fingerprint density at radius 3 is 2.70 bits per heavy atom. The molecule has 2 aromatic heterocycles. The molecule has 20 heavy (non-hydrogen) atoms. The second kappa shape index (κ2) is 5.27. The summed E-state index contributed by atoms with van der Waals surface area (Å²) >= 11 is 0.